The molecular weight excluding hydrogens is 1390 g/mol. The molecule has 1 saturated carbocycles. The van der Waals surface area contributed by atoms with Crippen LogP contribution in [0.15, 0.2) is 92.4 Å². The number of ether oxygens (including phenoxy) is 3. The molecule has 1 aliphatic carbocycles. The quantitative estimate of drug-likeness (QED) is 0.00879. The Kier molecular flexibility index (Phi) is 31.5. The summed E-state index contributed by atoms with van der Waals surface area (Å²) in [7, 11) is -4.86. The van der Waals surface area contributed by atoms with Crippen molar-refractivity contribution in [3.8, 4) is 5.75 Å². The van der Waals surface area contributed by atoms with Gasteiger partial charge in [-0.3, -0.25) is 63.0 Å². The molecule has 2 aliphatic heterocycles. The van der Waals surface area contributed by atoms with Crippen molar-refractivity contribution < 1.29 is 85.0 Å². The van der Waals surface area contributed by atoms with Crippen molar-refractivity contribution in [2.75, 3.05) is 68.0 Å². The number of aryl methyl sites for hydroxylation is 2. The number of thioether (sulfide) groups is 1. The number of carbonyl (C=O) groups excluding carboxylic acids is 6. The number of alkyl halides is 3. The molecule has 26 nitrogen and oxygen atoms in total. The highest BCUT2D eigenvalue weighted by Crippen LogP contribution is 2.37. The molecule has 8 rings (SSSR count). The molecule has 1 aromatic heterocycles. The normalized spacial score (nSPS) is 15.0. The molecule has 0 saturated heterocycles. The second-order valence-corrected chi connectivity index (χ2v) is 27.9. The van der Waals surface area contributed by atoms with Crippen molar-refractivity contribution >= 4 is 151 Å². The molecule has 4 aromatic carbocycles. The Morgan fingerprint density at radius 1 is 0.989 bits per heavy atom. The maximum absolute atomic E-state index is 14.3. The molecule has 35 heteroatoms. The van der Waals surface area contributed by atoms with Gasteiger partial charge in [0.2, 0.25) is 10.7 Å². The Balaban J connectivity index is 0.000000255. The molecule has 3 aliphatic rings. The first kappa shape index (κ1) is 79.0. The third kappa shape index (κ3) is 23.2. The van der Waals surface area contributed by atoms with Crippen molar-refractivity contribution in [2.24, 2.45) is 10.9 Å². The van der Waals surface area contributed by atoms with Crippen molar-refractivity contribution in [1.82, 2.24) is 14.7 Å². The van der Waals surface area contributed by atoms with E-state index >= 15 is 0 Å². The lowest BCUT2D eigenvalue weighted by Gasteiger charge is -2.35. The summed E-state index contributed by atoms with van der Waals surface area (Å²) in [6.07, 6.45) is 3.54. The van der Waals surface area contributed by atoms with E-state index < -0.39 is 92.3 Å². The van der Waals surface area contributed by atoms with Gasteiger partial charge in [-0.1, -0.05) is 72.1 Å². The molecule has 0 bridgehead atoms. The number of fused-ring (bicyclic) bond motifs is 2. The highest BCUT2D eigenvalue weighted by molar-refractivity contribution is 8.00. The molecule has 2 unspecified atom stereocenters. The molecular formula is C58H69Cl4FN7O19PS3. The number of aromatic nitrogens is 2. The van der Waals surface area contributed by atoms with Crippen LogP contribution in [-0.2, 0) is 72.2 Å². The van der Waals surface area contributed by atoms with Crippen LogP contribution in [0.5, 0.6) is 5.75 Å². The SMILES string of the molecule is CC1COc2ccccc2N1C(=O)C(Cl)Cl.CCc1cccc(C)c1N(C(=O)CCl)C(C)COC.COC(=O)CSc1cc(/N=c2\sc(=O)n3n2CCCC3)c(F)cc1Cl.CS(=O)(=O)c1ccc(C(=O)C2C(=O)CCCC2=O)c([N+](=O)[O-])c1.O=C(O)CNCP(=O)(O)O. The van der Waals surface area contributed by atoms with Crippen molar-refractivity contribution in [2.45, 2.75) is 106 Å². The number of esters is 1. The van der Waals surface area contributed by atoms with E-state index in [0.717, 1.165) is 95.4 Å². The number of nitrogens with one attached hydrogen (secondary N) is 1. The molecule has 3 heterocycles. The lowest BCUT2D eigenvalue weighted by molar-refractivity contribution is -0.385. The van der Waals surface area contributed by atoms with E-state index in [0.29, 0.717) is 48.2 Å². The number of sulfone groups is 1. The Hall–Kier alpha value is -6.41. The third-order valence-corrected chi connectivity index (χ3v) is 18.2. The fraction of sp³-hybridized carbons (Fsp3) is 0.431. The number of amides is 2. The number of carboxylic acid groups (broad SMARTS) is 1. The van der Waals surface area contributed by atoms with Crippen LogP contribution in [0.3, 0.4) is 0 Å². The Morgan fingerprint density at radius 2 is 1.63 bits per heavy atom. The van der Waals surface area contributed by atoms with E-state index in [-0.39, 0.29) is 68.9 Å². The summed E-state index contributed by atoms with van der Waals surface area (Å²) in [5.74, 6) is -5.42. The number of nitro benzene ring substituents is 1. The molecule has 0 spiro atoms. The predicted molar refractivity (Wildman–Crippen MR) is 350 cm³/mol. The number of nitro groups is 1. The molecule has 2 amide bonds. The predicted octanol–water partition coefficient (Wildman–Crippen LogP) is 8.48. The van der Waals surface area contributed by atoms with Gasteiger partial charge in [0.1, 0.15) is 35.7 Å². The summed E-state index contributed by atoms with van der Waals surface area (Å²) in [6, 6.07) is 18.8. The number of rotatable bonds is 19. The van der Waals surface area contributed by atoms with Crippen molar-refractivity contribution in [1.29, 1.82) is 0 Å². The van der Waals surface area contributed by atoms with Gasteiger partial charge in [-0.05, 0) is 105 Å². The van der Waals surface area contributed by atoms with E-state index in [1.54, 1.807) is 26.3 Å². The van der Waals surface area contributed by atoms with Gasteiger partial charge in [-0.25, -0.2) is 22.5 Å². The Labute approximate surface area is 562 Å². The second kappa shape index (κ2) is 37.0. The average molecular weight is 1460 g/mol. The Bertz CT molecular complexity index is 3830. The minimum atomic E-state index is -4.10. The number of para-hydroxylation sites is 3. The summed E-state index contributed by atoms with van der Waals surface area (Å²) in [6.45, 7) is 9.79. The van der Waals surface area contributed by atoms with E-state index in [2.05, 4.69) is 28.0 Å². The zero-order chi connectivity index (χ0) is 69.7. The lowest BCUT2D eigenvalue weighted by Crippen LogP contribution is -2.47. The first-order chi connectivity index (χ1) is 43.7. The smallest absolute Gasteiger partial charge is 0.339 e. The summed E-state index contributed by atoms with van der Waals surface area (Å²) in [5, 5.41) is 21.4. The number of ketones is 3. The maximum Gasteiger partial charge on any atom is 0.339 e. The number of nitrogens with zero attached hydrogens (tertiary/aromatic N) is 6. The monoisotopic (exact) mass is 1450 g/mol. The minimum absolute atomic E-state index is 0.0223. The Morgan fingerprint density at radius 3 is 2.20 bits per heavy atom. The largest absolute Gasteiger partial charge is 0.489 e. The van der Waals surface area contributed by atoms with Crippen LogP contribution in [0.1, 0.15) is 74.4 Å². The number of hydrogen-bond acceptors (Lipinski definition) is 20. The number of benzene rings is 4. The molecule has 93 heavy (non-hydrogen) atoms. The first-order valence-corrected chi connectivity index (χ1v) is 35.4. The number of carbonyl (C=O) groups is 7. The van der Waals surface area contributed by atoms with Gasteiger partial charge in [-0.15, -0.1) is 23.4 Å². The van der Waals surface area contributed by atoms with Gasteiger partial charge in [0.15, 0.2) is 32.0 Å². The van der Waals surface area contributed by atoms with Gasteiger partial charge in [0, 0.05) is 50.3 Å². The van der Waals surface area contributed by atoms with E-state index in [1.807, 2.05) is 57.2 Å². The van der Waals surface area contributed by atoms with Crippen LogP contribution in [0.25, 0.3) is 0 Å². The standard InChI is InChI=1S/C15H15ClFN3O3S2.C15H22ClNO2.C14H13NO7S.C11H11Cl2NO2.C3H8NO5P/c1-23-13(21)8-24-12-7-11(10(17)6-9(12)16)18-14-19-4-2-3-5-20(19)15(22)25-14;1-5-13-8-6-7-11(2)15(13)17(14(18)9-16)12(3)10-19-4;1-23(21,22)8-5-6-9(10(7-8)15(19)20)14(18)13-11(16)3-2-4-12(13)17;1-7-6-16-9-5-3-2-4-8(9)14(7)11(15)10(12)13;5-3(6)1-4-2-10(7,8)9/h6-7H,2-5,8H2,1H3;6-8,12H,5,9-10H2,1-4H3;5-7,13H,2-4H2,1H3;2-5,7,10H,6H2,1H3;4H,1-2H2,(H,5,6)(H2,7,8,9)/b18-14-;;;;. The molecule has 2 atom stereocenters. The minimum Gasteiger partial charge on any atom is -0.489 e. The zero-order valence-corrected chi connectivity index (χ0v) is 57.6. The summed E-state index contributed by atoms with van der Waals surface area (Å²) >= 11 is 25.2. The van der Waals surface area contributed by atoms with Crippen LogP contribution >= 0.6 is 77.1 Å². The van der Waals surface area contributed by atoms with Gasteiger partial charge >= 0.3 is 24.4 Å². The number of halogens is 5. The number of carboxylic acids is 1. The highest BCUT2D eigenvalue weighted by atomic mass is 35.5. The number of anilines is 2. The summed E-state index contributed by atoms with van der Waals surface area (Å²) in [4.78, 5) is 127. The first-order valence-electron chi connectivity index (χ1n) is 28.1. The van der Waals surface area contributed by atoms with E-state index in [9.17, 15) is 65.8 Å². The maximum atomic E-state index is 14.3. The lowest BCUT2D eigenvalue weighted by atomic mass is 9.81. The van der Waals surface area contributed by atoms with Crippen LogP contribution < -0.4 is 29.5 Å². The topological polar surface area (TPSA) is 360 Å². The van der Waals surface area contributed by atoms with Crippen LogP contribution in [-0.4, -0.2) is 154 Å². The fourth-order valence-corrected chi connectivity index (χ4v) is 12.6. The average Bonchev–Trinajstić information content (AvgIpc) is 1.47. The molecule has 0 radical (unpaired) electrons. The highest BCUT2D eigenvalue weighted by Gasteiger charge is 2.39. The molecule has 5 aromatic rings. The molecule has 1 fully saturated rings. The zero-order valence-electron chi connectivity index (χ0n) is 51.3. The van der Waals surface area contributed by atoms with Crippen LogP contribution in [0.4, 0.5) is 27.1 Å². The third-order valence-electron chi connectivity index (χ3n) is 13.5. The van der Waals surface area contributed by atoms with Crippen LogP contribution in [0.2, 0.25) is 5.02 Å². The van der Waals surface area contributed by atoms with Crippen molar-refractivity contribution in [3.63, 3.8) is 0 Å². The van der Waals surface area contributed by atoms with Crippen LogP contribution in [0, 0.1) is 28.8 Å². The molecule has 4 N–H and O–H groups in total. The second-order valence-electron chi connectivity index (χ2n) is 20.5. The van der Waals surface area contributed by atoms with Gasteiger partial charge in [0.25, 0.3) is 11.6 Å². The summed E-state index contributed by atoms with van der Waals surface area (Å²) < 4.78 is 66.0. The molecule has 508 valence electrons. The van der Waals surface area contributed by atoms with Gasteiger partial charge in [0.05, 0.1) is 76.2 Å². The number of hydrogen-bond donors (Lipinski definition) is 4. The number of Topliss-reactive ketones (excluding diaryl/α,β-unsaturated/α-hetero) is 3. The van der Waals surface area contributed by atoms with E-state index in [4.69, 9.17) is 70.8 Å². The number of methoxy groups -OCH3 is 2. The van der Waals surface area contributed by atoms with Gasteiger partial charge < -0.3 is 38.9 Å². The summed E-state index contributed by atoms with van der Waals surface area (Å²) in [5.41, 5.74) is 2.85. The fourth-order valence-electron chi connectivity index (χ4n) is 9.26. The van der Waals surface area contributed by atoms with E-state index in [1.165, 1.54) is 13.2 Å². The number of aliphatic carboxylic acids is 1. The van der Waals surface area contributed by atoms with Crippen molar-refractivity contribution in [3.05, 3.63) is 125 Å². The van der Waals surface area contributed by atoms with Gasteiger partial charge in [-0.2, -0.15) is 0 Å².